The maximum Gasteiger partial charge on any atom is 0.408 e. The SMILES string of the molecule is CCC(C)(C)C1CCC(Oc2ccc3cc([C@]4(C)COC(=O)N4)ccc3c2)CC1. The van der Waals surface area contributed by atoms with E-state index in [1.807, 2.05) is 6.92 Å². The standard InChI is InChI=1S/C25H33NO3/c1-5-24(2,3)19-9-12-21(13-10-19)29-22-11-7-17-14-20(8-6-18(17)15-22)25(4)16-28-23(27)26-25/h6-8,11,14-15,19,21H,5,9-10,12-13,16H2,1-4H3,(H,26,27)/t19?,21?,25-/m0/s1. The average molecular weight is 396 g/mol. The van der Waals surface area contributed by atoms with E-state index < -0.39 is 5.54 Å². The summed E-state index contributed by atoms with van der Waals surface area (Å²) in [5, 5.41) is 5.21. The topological polar surface area (TPSA) is 47.6 Å². The predicted molar refractivity (Wildman–Crippen MR) is 116 cm³/mol. The highest BCUT2D eigenvalue weighted by atomic mass is 16.6. The van der Waals surface area contributed by atoms with E-state index >= 15 is 0 Å². The molecule has 0 unspecified atom stereocenters. The Morgan fingerprint density at radius 3 is 2.45 bits per heavy atom. The number of carbonyl (C=O) groups is 1. The van der Waals surface area contributed by atoms with Gasteiger partial charge in [0.15, 0.2) is 0 Å². The number of fused-ring (bicyclic) bond motifs is 1. The first-order chi connectivity index (χ1) is 13.8. The molecule has 4 heteroatoms. The number of ether oxygens (including phenoxy) is 2. The first-order valence-electron chi connectivity index (χ1n) is 10.9. The van der Waals surface area contributed by atoms with Crippen molar-refractivity contribution in [1.82, 2.24) is 5.32 Å². The van der Waals surface area contributed by atoms with E-state index in [4.69, 9.17) is 9.47 Å². The van der Waals surface area contributed by atoms with Crippen molar-refractivity contribution in [1.29, 1.82) is 0 Å². The third-order valence-corrected chi connectivity index (χ3v) is 7.31. The van der Waals surface area contributed by atoms with Crippen LogP contribution in [0.25, 0.3) is 10.8 Å². The lowest BCUT2D eigenvalue weighted by molar-refractivity contribution is 0.0780. The number of benzene rings is 2. The van der Waals surface area contributed by atoms with E-state index in [0.717, 1.165) is 40.8 Å². The summed E-state index contributed by atoms with van der Waals surface area (Å²) in [6.45, 7) is 9.46. The second-order valence-corrected chi connectivity index (χ2v) is 9.69. The van der Waals surface area contributed by atoms with E-state index in [2.05, 4.69) is 62.5 Å². The van der Waals surface area contributed by atoms with Crippen LogP contribution < -0.4 is 10.1 Å². The molecule has 156 valence electrons. The van der Waals surface area contributed by atoms with Gasteiger partial charge in [-0.2, -0.15) is 0 Å². The van der Waals surface area contributed by atoms with Gasteiger partial charge < -0.3 is 14.8 Å². The predicted octanol–water partition coefficient (Wildman–Crippen LogP) is 6.17. The highest BCUT2D eigenvalue weighted by Gasteiger charge is 2.36. The molecule has 2 aliphatic rings. The summed E-state index contributed by atoms with van der Waals surface area (Å²) < 4.78 is 11.4. The molecule has 0 bridgehead atoms. The smallest absolute Gasteiger partial charge is 0.408 e. The molecule has 1 saturated heterocycles. The number of cyclic esters (lactones) is 1. The molecule has 1 amide bonds. The summed E-state index contributed by atoms with van der Waals surface area (Å²) in [4.78, 5) is 11.5. The lowest BCUT2D eigenvalue weighted by Crippen LogP contribution is -2.37. The van der Waals surface area contributed by atoms with Crippen molar-refractivity contribution in [2.24, 2.45) is 11.3 Å². The third kappa shape index (κ3) is 4.08. The molecule has 1 N–H and O–H groups in total. The van der Waals surface area contributed by atoms with Gasteiger partial charge in [-0.05, 0) is 78.5 Å². The Bertz CT molecular complexity index is 898. The number of nitrogens with one attached hydrogen (secondary N) is 1. The minimum Gasteiger partial charge on any atom is -0.490 e. The lowest BCUT2D eigenvalue weighted by Gasteiger charge is -2.38. The Balaban J connectivity index is 1.44. The van der Waals surface area contributed by atoms with Crippen LogP contribution in [0.5, 0.6) is 5.75 Å². The van der Waals surface area contributed by atoms with Crippen molar-refractivity contribution in [2.45, 2.75) is 71.4 Å². The quantitative estimate of drug-likeness (QED) is 0.659. The van der Waals surface area contributed by atoms with Crippen molar-refractivity contribution >= 4 is 16.9 Å². The van der Waals surface area contributed by atoms with Gasteiger partial charge in [-0.25, -0.2) is 4.79 Å². The molecule has 2 aromatic rings. The van der Waals surface area contributed by atoms with E-state index in [9.17, 15) is 4.79 Å². The Morgan fingerprint density at radius 2 is 1.79 bits per heavy atom. The van der Waals surface area contributed by atoms with Gasteiger partial charge in [-0.3, -0.25) is 0 Å². The molecular weight excluding hydrogens is 362 g/mol. The molecule has 0 radical (unpaired) electrons. The molecule has 1 heterocycles. The Labute approximate surface area is 174 Å². The molecule has 1 aliphatic heterocycles. The maximum atomic E-state index is 11.5. The molecule has 1 aliphatic carbocycles. The zero-order valence-corrected chi connectivity index (χ0v) is 18.1. The molecule has 2 fully saturated rings. The van der Waals surface area contributed by atoms with Crippen LogP contribution in [-0.4, -0.2) is 18.8 Å². The van der Waals surface area contributed by atoms with E-state index in [-0.39, 0.29) is 6.09 Å². The van der Waals surface area contributed by atoms with Crippen LogP contribution in [0, 0.1) is 11.3 Å². The molecule has 4 rings (SSSR count). The highest BCUT2D eigenvalue weighted by Crippen LogP contribution is 2.41. The highest BCUT2D eigenvalue weighted by molar-refractivity contribution is 5.85. The third-order valence-electron chi connectivity index (χ3n) is 7.31. The van der Waals surface area contributed by atoms with Gasteiger partial charge in [0.25, 0.3) is 0 Å². The summed E-state index contributed by atoms with van der Waals surface area (Å²) in [6.07, 6.45) is 6.01. The zero-order valence-electron chi connectivity index (χ0n) is 18.1. The van der Waals surface area contributed by atoms with Gasteiger partial charge in [-0.15, -0.1) is 0 Å². The van der Waals surface area contributed by atoms with Gasteiger partial charge in [0.1, 0.15) is 12.4 Å². The molecule has 0 aromatic heterocycles. The average Bonchev–Trinajstić information content (AvgIpc) is 3.08. The fourth-order valence-corrected chi connectivity index (χ4v) is 4.75. The molecule has 0 spiro atoms. The molecule has 29 heavy (non-hydrogen) atoms. The Morgan fingerprint density at radius 1 is 1.10 bits per heavy atom. The van der Waals surface area contributed by atoms with Crippen molar-refractivity contribution in [3.63, 3.8) is 0 Å². The fourth-order valence-electron chi connectivity index (χ4n) is 4.75. The van der Waals surface area contributed by atoms with E-state index in [1.54, 1.807) is 0 Å². The van der Waals surface area contributed by atoms with Gasteiger partial charge in [0.2, 0.25) is 0 Å². The number of rotatable bonds is 5. The maximum absolute atomic E-state index is 11.5. The van der Waals surface area contributed by atoms with Gasteiger partial charge in [-0.1, -0.05) is 45.4 Å². The Hall–Kier alpha value is -2.23. The fraction of sp³-hybridized carbons (Fsp3) is 0.560. The van der Waals surface area contributed by atoms with Gasteiger partial charge >= 0.3 is 6.09 Å². The number of hydrogen-bond acceptors (Lipinski definition) is 3. The van der Waals surface area contributed by atoms with Crippen LogP contribution in [-0.2, 0) is 10.3 Å². The molecule has 4 nitrogen and oxygen atoms in total. The summed E-state index contributed by atoms with van der Waals surface area (Å²) >= 11 is 0. The Kier molecular flexibility index (Phi) is 5.22. The molecular formula is C25H33NO3. The summed E-state index contributed by atoms with van der Waals surface area (Å²) in [7, 11) is 0. The van der Waals surface area contributed by atoms with Crippen LogP contribution >= 0.6 is 0 Å². The number of amides is 1. The lowest BCUT2D eigenvalue weighted by atomic mass is 9.69. The molecule has 1 saturated carbocycles. The van der Waals surface area contributed by atoms with Crippen molar-refractivity contribution < 1.29 is 14.3 Å². The molecule has 1 atom stereocenters. The summed E-state index contributed by atoms with van der Waals surface area (Å²) in [5.41, 5.74) is 1.03. The van der Waals surface area contributed by atoms with Crippen LogP contribution in [0.3, 0.4) is 0 Å². The molecule has 2 aromatic carbocycles. The van der Waals surface area contributed by atoms with E-state index in [1.165, 1.54) is 19.3 Å². The van der Waals surface area contributed by atoms with Crippen LogP contribution in [0.2, 0.25) is 0 Å². The number of alkyl carbamates (subject to hydrolysis) is 1. The van der Waals surface area contributed by atoms with Crippen molar-refractivity contribution in [2.75, 3.05) is 6.61 Å². The summed E-state index contributed by atoms with van der Waals surface area (Å²) in [5.74, 6) is 1.76. The summed E-state index contributed by atoms with van der Waals surface area (Å²) in [6, 6.07) is 12.6. The largest absolute Gasteiger partial charge is 0.490 e. The first kappa shape index (κ1) is 20.1. The normalized spacial score (nSPS) is 27.5. The van der Waals surface area contributed by atoms with Gasteiger partial charge in [0.05, 0.1) is 11.6 Å². The van der Waals surface area contributed by atoms with Crippen molar-refractivity contribution in [3.05, 3.63) is 42.0 Å². The first-order valence-corrected chi connectivity index (χ1v) is 10.9. The van der Waals surface area contributed by atoms with Crippen molar-refractivity contribution in [3.8, 4) is 5.75 Å². The zero-order chi connectivity index (χ0) is 20.6. The number of hydrogen-bond donors (Lipinski definition) is 1. The second-order valence-electron chi connectivity index (χ2n) is 9.69. The minimum atomic E-state index is -0.467. The van der Waals surface area contributed by atoms with Gasteiger partial charge in [0, 0.05) is 0 Å². The minimum absolute atomic E-state index is 0.320. The van der Waals surface area contributed by atoms with E-state index in [0.29, 0.717) is 18.1 Å². The van der Waals surface area contributed by atoms with Crippen LogP contribution in [0.15, 0.2) is 36.4 Å². The number of carbonyl (C=O) groups excluding carboxylic acids is 1. The second kappa shape index (κ2) is 7.55. The van der Waals surface area contributed by atoms with Crippen LogP contribution in [0.1, 0.15) is 65.4 Å². The monoisotopic (exact) mass is 395 g/mol. The van der Waals surface area contributed by atoms with Crippen LogP contribution in [0.4, 0.5) is 4.79 Å².